The van der Waals surface area contributed by atoms with Gasteiger partial charge in [0.25, 0.3) is 0 Å². The van der Waals surface area contributed by atoms with E-state index in [9.17, 15) is 9.18 Å². The maximum atomic E-state index is 13.5. The van der Waals surface area contributed by atoms with Crippen LogP contribution in [0.25, 0.3) is 0 Å². The van der Waals surface area contributed by atoms with E-state index in [4.69, 9.17) is 9.84 Å². The number of aromatic carboxylic acids is 1. The molecular weight excluding hydrogens is 277 g/mol. The summed E-state index contributed by atoms with van der Waals surface area (Å²) in [5.41, 5.74) is -0.384. The van der Waals surface area contributed by atoms with Crippen molar-refractivity contribution >= 4 is 5.97 Å². The number of ether oxygens (including phenoxy) is 1. The van der Waals surface area contributed by atoms with E-state index >= 15 is 0 Å². The second-order valence-corrected chi connectivity index (χ2v) is 4.99. The number of aromatic nitrogens is 3. The third kappa shape index (κ3) is 3.77. The molecule has 1 aromatic carbocycles. The van der Waals surface area contributed by atoms with Crippen LogP contribution in [0.3, 0.4) is 0 Å². The SMILES string of the molecule is CC(C)Cn1ncnc1COc1ccc(C(=O)O)c(F)c1. The van der Waals surface area contributed by atoms with Gasteiger partial charge in [0.1, 0.15) is 24.5 Å². The topological polar surface area (TPSA) is 77.2 Å². The summed E-state index contributed by atoms with van der Waals surface area (Å²) >= 11 is 0. The Hall–Kier alpha value is -2.44. The smallest absolute Gasteiger partial charge is 0.338 e. The molecule has 0 aliphatic rings. The fraction of sp³-hybridized carbons (Fsp3) is 0.357. The van der Waals surface area contributed by atoms with Gasteiger partial charge in [0, 0.05) is 12.6 Å². The minimum absolute atomic E-state index is 0.137. The predicted molar refractivity (Wildman–Crippen MR) is 72.6 cm³/mol. The van der Waals surface area contributed by atoms with E-state index in [-0.39, 0.29) is 17.9 Å². The van der Waals surface area contributed by atoms with E-state index in [0.717, 1.165) is 6.07 Å². The van der Waals surface area contributed by atoms with Crippen LogP contribution in [0.5, 0.6) is 5.75 Å². The molecule has 1 aromatic heterocycles. The van der Waals surface area contributed by atoms with Gasteiger partial charge in [-0.1, -0.05) is 13.8 Å². The van der Waals surface area contributed by atoms with Crippen molar-refractivity contribution in [2.75, 3.05) is 0 Å². The van der Waals surface area contributed by atoms with E-state index in [1.54, 1.807) is 4.68 Å². The number of nitrogens with zero attached hydrogens (tertiary/aromatic N) is 3. The van der Waals surface area contributed by atoms with Crippen LogP contribution in [0.2, 0.25) is 0 Å². The number of carboxylic acid groups (broad SMARTS) is 1. The monoisotopic (exact) mass is 293 g/mol. The first-order chi connectivity index (χ1) is 9.97. The zero-order chi connectivity index (χ0) is 15.4. The standard InChI is InChI=1S/C14H16FN3O3/c1-9(2)6-18-13(16-8-17-18)7-21-10-3-4-11(14(19)20)12(15)5-10/h3-5,8-9H,6-7H2,1-2H3,(H,19,20). The van der Waals surface area contributed by atoms with Crippen LogP contribution in [0, 0.1) is 11.7 Å². The molecule has 0 aliphatic carbocycles. The third-order valence-electron chi connectivity index (χ3n) is 2.77. The van der Waals surface area contributed by atoms with Crippen molar-refractivity contribution in [2.45, 2.75) is 27.0 Å². The Bertz CT molecular complexity index is 640. The maximum Gasteiger partial charge on any atom is 0.338 e. The Labute approximate surface area is 121 Å². The van der Waals surface area contributed by atoms with E-state index in [2.05, 4.69) is 23.9 Å². The van der Waals surface area contributed by atoms with Crippen LogP contribution in [0.15, 0.2) is 24.5 Å². The van der Waals surface area contributed by atoms with Crippen LogP contribution in [-0.4, -0.2) is 25.8 Å². The Morgan fingerprint density at radius 1 is 1.48 bits per heavy atom. The first-order valence-electron chi connectivity index (χ1n) is 6.49. The van der Waals surface area contributed by atoms with E-state index < -0.39 is 11.8 Å². The lowest BCUT2D eigenvalue weighted by Gasteiger charge is -2.10. The van der Waals surface area contributed by atoms with Crippen LogP contribution in [0.4, 0.5) is 4.39 Å². The summed E-state index contributed by atoms with van der Waals surface area (Å²) in [6.07, 6.45) is 1.44. The van der Waals surface area contributed by atoms with Crippen molar-refractivity contribution in [3.63, 3.8) is 0 Å². The van der Waals surface area contributed by atoms with Crippen molar-refractivity contribution in [1.29, 1.82) is 0 Å². The second kappa shape index (κ2) is 6.34. The molecular formula is C14H16FN3O3. The molecule has 112 valence electrons. The van der Waals surface area contributed by atoms with Crippen molar-refractivity contribution < 1.29 is 19.0 Å². The fourth-order valence-corrected chi connectivity index (χ4v) is 1.81. The van der Waals surface area contributed by atoms with Crippen molar-refractivity contribution in [3.05, 3.63) is 41.7 Å². The minimum Gasteiger partial charge on any atom is -0.486 e. The van der Waals surface area contributed by atoms with Gasteiger partial charge in [-0.15, -0.1) is 0 Å². The van der Waals surface area contributed by atoms with Gasteiger partial charge >= 0.3 is 5.97 Å². The number of carboxylic acids is 1. The van der Waals surface area contributed by atoms with E-state index in [1.165, 1.54) is 18.5 Å². The molecule has 0 spiro atoms. The summed E-state index contributed by atoms with van der Waals surface area (Å²) in [5.74, 6) is -0.847. The van der Waals surface area contributed by atoms with Gasteiger partial charge in [0.15, 0.2) is 5.82 Å². The highest BCUT2D eigenvalue weighted by Gasteiger charge is 2.12. The molecule has 2 rings (SSSR count). The molecule has 7 heteroatoms. The molecule has 1 heterocycles. The summed E-state index contributed by atoms with van der Waals surface area (Å²) in [5, 5.41) is 12.9. The highest BCUT2D eigenvalue weighted by molar-refractivity contribution is 5.88. The lowest BCUT2D eigenvalue weighted by atomic mass is 10.2. The molecule has 0 saturated heterocycles. The highest BCUT2D eigenvalue weighted by atomic mass is 19.1. The summed E-state index contributed by atoms with van der Waals surface area (Å²) < 4.78 is 20.7. The van der Waals surface area contributed by atoms with Gasteiger partial charge in [0.05, 0.1) is 5.56 Å². The van der Waals surface area contributed by atoms with E-state index in [1.807, 2.05) is 0 Å². The highest BCUT2D eigenvalue weighted by Crippen LogP contribution is 2.17. The van der Waals surface area contributed by atoms with Gasteiger partial charge in [-0.3, -0.25) is 0 Å². The first-order valence-corrected chi connectivity index (χ1v) is 6.49. The fourth-order valence-electron chi connectivity index (χ4n) is 1.81. The molecule has 0 amide bonds. The van der Waals surface area contributed by atoms with Gasteiger partial charge in [-0.25, -0.2) is 18.9 Å². The van der Waals surface area contributed by atoms with Gasteiger partial charge < -0.3 is 9.84 Å². The quantitative estimate of drug-likeness (QED) is 0.884. The first kappa shape index (κ1) is 15.0. The second-order valence-electron chi connectivity index (χ2n) is 4.99. The summed E-state index contributed by atoms with van der Waals surface area (Å²) in [4.78, 5) is 14.8. The molecule has 21 heavy (non-hydrogen) atoms. The predicted octanol–water partition coefficient (Wildman–Crippen LogP) is 2.35. The molecule has 6 nitrogen and oxygen atoms in total. The molecule has 0 fully saturated rings. The Morgan fingerprint density at radius 2 is 2.24 bits per heavy atom. The van der Waals surface area contributed by atoms with Crippen molar-refractivity contribution in [1.82, 2.24) is 14.8 Å². The van der Waals surface area contributed by atoms with Crippen LogP contribution in [-0.2, 0) is 13.2 Å². The Kier molecular flexibility index (Phi) is 4.52. The third-order valence-corrected chi connectivity index (χ3v) is 2.77. The molecule has 0 unspecified atom stereocenters. The number of rotatable bonds is 6. The molecule has 0 atom stereocenters. The molecule has 2 aromatic rings. The van der Waals surface area contributed by atoms with Crippen molar-refractivity contribution in [3.8, 4) is 5.75 Å². The number of halogens is 1. The molecule has 1 N–H and O–H groups in total. The number of carbonyl (C=O) groups is 1. The van der Waals surface area contributed by atoms with Gasteiger partial charge in [-0.2, -0.15) is 5.10 Å². The summed E-state index contributed by atoms with van der Waals surface area (Å²) in [7, 11) is 0. The molecule has 0 aliphatic heterocycles. The maximum absolute atomic E-state index is 13.5. The largest absolute Gasteiger partial charge is 0.486 e. The zero-order valence-electron chi connectivity index (χ0n) is 11.8. The summed E-state index contributed by atoms with van der Waals surface area (Å²) in [6.45, 7) is 4.97. The average Bonchev–Trinajstić information content (AvgIpc) is 2.82. The Balaban J connectivity index is 2.05. The number of benzene rings is 1. The van der Waals surface area contributed by atoms with Crippen LogP contribution in [0.1, 0.15) is 30.0 Å². The average molecular weight is 293 g/mol. The molecule has 0 bridgehead atoms. The van der Waals surface area contributed by atoms with Crippen LogP contribution < -0.4 is 4.74 Å². The van der Waals surface area contributed by atoms with E-state index in [0.29, 0.717) is 18.3 Å². The van der Waals surface area contributed by atoms with Crippen molar-refractivity contribution in [2.24, 2.45) is 5.92 Å². The lowest BCUT2D eigenvalue weighted by Crippen LogP contribution is -2.12. The zero-order valence-corrected chi connectivity index (χ0v) is 11.8. The summed E-state index contributed by atoms with van der Waals surface area (Å²) in [6, 6.07) is 3.63. The Morgan fingerprint density at radius 3 is 2.86 bits per heavy atom. The lowest BCUT2D eigenvalue weighted by molar-refractivity contribution is 0.0692. The number of hydrogen-bond acceptors (Lipinski definition) is 4. The van der Waals surface area contributed by atoms with Crippen LogP contribution >= 0.6 is 0 Å². The van der Waals surface area contributed by atoms with Gasteiger partial charge in [-0.05, 0) is 18.1 Å². The normalized spacial score (nSPS) is 10.9. The minimum atomic E-state index is -1.31. The molecule has 0 saturated carbocycles. The molecule has 0 radical (unpaired) electrons. The number of hydrogen-bond donors (Lipinski definition) is 1. The van der Waals surface area contributed by atoms with Gasteiger partial charge in [0.2, 0.25) is 0 Å².